The molecule has 4 N–H and O–H groups in total. The molecule has 0 bridgehead atoms. The van der Waals surface area contributed by atoms with Crippen LogP contribution in [0.1, 0.15) is 88.9 Å². The molecule has 0 radical (unpaired) electrons. The topological polar surface area (TPSA) is 143 Å². The highest BCUT2D eigenvalue weighted by molar-refractivity contribution is 6.38. The number of Topliss-reactive ketones (excluding diaryl/α,β-unsaturated/α-hetero) is 1. The van der Waals surface area contributed by atoms with Crippen LogP contribution in [0.2, 0.25) is 5.02 Å². The number of rotatable bonds is 14. The third kappa shape index (κ3) is 8.71. The largest absolute Gasteiger partial charge is 0.440 e. The summed E-state index contributed by atoms with van der Waals surface area (Å²) in [7, 11) is 0. The predicted octanol–water partition coefficient (Wildman–Crippen LogP) is 4.89. The van der Waals surface area contributed by atoms with Crippen molar-refractivity contribution in [3.8, 4) is 0 Å². The van der Waals surface area contributed by atoms with Crippen molar-refractivity contribution in [2.75, 3.05) is 6.54 Å². The molecule has 1 heterocycles. The van der Waals surface area contributed by atoms with E-state index < -0.39 is 53.2 Å². The van der Waals surface area contributed by atoms with Crippen LogP contribution in [0.25, 0.3) is 0 Å². The second kappa shape index (κ2) is 15.3. The molecule has 2 saturated carbocycles. The third-order valence-corrected chi connectivity index (χ3v) is 9.73. The van der Waals surface area contributed by atoms with Crippen molar-refractivity contribution in [1.82, 2.24) is 21.3 Å². The van der Waals surface area contributed by atoms with Gasteiger partial charge in [-0.05, 0) is 74.1 Å². The molecule has 0 spiro atoms. The number of alkyl carbamates (subject to hydrolysis) is 1. The number of hydrogen-bond donors (Lipinski definition) is 4. The lowest BCUT2D eigenvalue weighted by Gasteiger charge is -2.38. The van der Waals surface area contributed by atoms with Gasteiger partial charge in [0.2, 0.25) is 17.6 Å². The van der Waals surface area contributed by atoms with Gasteiger partial charge in [-0.15, -0.1) is 0 Å². The minimum Gasteiger partial charge on any atom is -0.440 e. The molecule has 3 aliphatic rings. The molecular weight excluding hydrogens is 620 g/mol. The number of ether oxygens (including phenoxy) is 1. The maximum atomic E-state index is 13.8. The predicted molar refractivity (Wildman–Crippen MR) is 177 cm³/mol. The summed E-state index contributed by atoms with van der Waals surface area (Å²) in [5, 5.41) is 11.5. The van der Waals surface area contributed by atoms with Gasteiger partial charge < -0.3 is 26.0 Å². The molecule has 5 rings (SSSR count). The van der Waals surface area contributed by atoms with E-state index in [9.17, 15) is 24.0 Å². The van der Waals surface area contributed by atoms with Crippen LogP contribution in [0.3, 0.4) is 0 Å². The summed E-state index contributed by atoms with van der Waals surface area (Å²) < 4.78 is 6.29. The zero-order chi connectivity index (χ0) is 33.6. The van der Waals surface area contributed by atoms with Gasteiger partial charge in [0.05, 0.1) is 6.04 Å². The summed E-state index contributed by atoms with van der Waals surface area (Å²) in [6.45, 7) is 4.30. The number of ketones is 1. The van der Waals surface area contributed by atoms with Crippen LogP contribution in [0.4, 0.5) is 4.79 Å². The Hall–Kier alpha value is -3.92. The Morgan fingerprint density at radius 3 is 2.30 bits per heavy atom. The Morgan fingerprint density at radius 1 is 0.957 bits per heavy atom. The molecule has 47 heavy (non-hydrogen) atoms. The van der Waals surface area contributed by atoms with Gasteiger partial charge in [-0.1, -0.05) is 80.8 Å². The fraction of sp³-hybridized carbons (Fsp3) is 0.528. The number of carbonyl (C=O) groups excluding carboxylic acids is 5. The smallest absolute Gasteiger partial charge is 0.408 e. The molecule has 2 aromatic rings. The Labute approximate surface area is 281 Å². The number of benzene rings is 2. The van der Waals surface area contributed by atoms with E-state index in [1.807, 2.05) is 68.4 Å². The number of halogens is 1. The van der Waals surface area contributed by atoms with Crippen LogP contribution in [0.15, 0.2) is 54.6 Å². The molecule has 3 fully saturated rings. The molecule has 11 heteroatoms. The Balaban J connectivity index is 1.36. The Kier molecular flexibility index (Phi) is 11.2. The van der Waals surface area contributed by atoms with Crippen LogP contribution in [-0.2, 0) is 29.3 Å². The Bertz CT molecular complexity index is 1460. The first-order valence-corrected chi connectivity index (χ1v) is 17.1. The molecule has 4 amide bonds. The molecule has 1 saturated heterocycles. The van der Waals surface area contributed by atoms with Crippen molar-refractivity contribution >= 4 is 41.2 Å². The summed E-state index contributed by atoms with van der Waals surface area (Å²) in [4.78, 5) is 65.9. The highest BCUT2D eigenvalue weighted by Crippen LogP contribution is 2.51. The summed E-state index contributed by atoms with van der Waals surface area (Å²) in [6, 6.07) is 14.9. The monoisotopic (exact) mass is 664 g/mol. The zero-order valence-corrected chi connectivity index (χ0v) is 27.8. The van der Waals surface area contributed by atoms with E-state index in [0.717, 1.165) is 49.7 Å². The molecule has 252 valence electrons. The molecule has 2 aromatic carbocycles. The van der Waals surface area contributed by atoms with Gasteiger partial charge in [0.15, 0.2) is 0 Å². The van der Waals surface area contributed by atoms with E-state index in [1.54, 1.807) is 0 Å². The summed E-state index contributed by atoms with van der Waals surface area (Å²) in [5.41, 5.74) is 1.30. The van der Waals surface area contributed by atoms with Crippen molar-refractivity contribution in [2.24, 2.45) is 11.8 Å². The van der Waals surface area contributed by atoms with Crippen molar-refractivity contribution in [3.63, 3.8) is 0 Å². The standard InChI is InChI=1S/C36H45ClN4O6/c1-22(2)19-29(33(44)40-28(20-24-15-18-38-32(24)43)30(42)34(45)39-27-13-14-27)41-35(46)47-31(23-9-4-3-5-10-23)36(16-6-7-17-36)25-11-8-12-26(37)21-25/h3-5,8-12,21-22,24,27-29,31H,6-7,13-20H2,1-2H3,(H,38,43)(H,39,45)(H,40,44)(H,41,46)/t24-,28-,29-,31?/m0/s1. The first kappa shape index (κ1) is 34.4. The quantitative estimate of drug-likeness (QED) is 0.212. The number of amides is 4. The van der Waals surface area contributed by atoms with E-state index >= 15 is 0 Å². The van der Waals surface area contributed by atoms with E-state index in [4.69, 9.17) is 16.3 Å². The van der Waals surface area contributed by atoms with E-state index in [-0.39, 0.29) is 30.7 Å². The van der Waals surface area contributed by atoms with Gasteiger partial charge in [0.25, 0.3) is 5.91 Å². The lowest BCUT2D eigenvalue weighted by Crippen LogP contribution is -2.55. The van der Waals surface area contributed by atoms with E-state index in [0.29, 0.717) is 18.0 Å². The highest BCUT2D eigenvalue weighted by atomic mass is 35.5. The minimum atomic E-state index is -1.22. The van der Waals surface area contributed by atoms with Crippen molar-refractivity contribution in [2.45, 2.75) is 101 Å². The maximum Gasteiger partial charge on any atom is 0.408 e. The lowest BCUT2D eigenvalue weighted by molar-refractivity contribution is -0.141. The van der Waals surface area contributed by atoms with Gasteiger partial charge in [-0.3, -0.25) is 19.2 Å². The van der Waals surface area contributed by atoms with Gasteiger partial charge in [-0.2, -0.15) is 0 Å². The van der Waals surface area contributed by atoms with Crippen LogP contribution in [-0.4, -0.2) is 54.3 Å². The maximum absolute atomic E-state index is 13.8. The minimum absolute atomic E-state index is 0.00321. The average Bonchev–Trinajstić information content (AvgIpc) is 3.55. The van der Waals surface area contributed by atoms with Gasteiger partial charge in [0, 0.05) is 28.9 Å². The fourth-order valence-corrected chi connectivity index (χ4v) is 7.11. The lowest BCUT2D eigenvalue weighted by atomic mass is 9.72. The SMILES string of the molecule is CC(C)C[C@H](NC(=O)OC(c1ccccc1)C1(c2cccc(Cl)c2)CCCC1)C(=O)N[C@@H](C[C@@H]1CCNC1=O)C(=O)C(=O)NC1CC1. The third-order valence-electron chi connectivity index (χ3n) is 9.49. The zero-order valence-electron chi connectivity index (χ0n) is 27.1. The molecule has 10 nitrogen and oxygen atoms in total. The summed E-state index contributed by atoms with van der Waals surface area (Å²) in [6.07, 6.45) is 4.42. The number of carbonyl (C=O) groups is 5. The second-order valence-electron chi connectivity index (χ2n) is 13.6. The summed E-state index contributed by atoms with van der Waals surface area (Å²) >= 11 is 6.43. The molecule has 1 unspecified atom stereocenters. The van der Waals surface area contributed by atoms with Crippen molar-refractivity contribution in [3.05, 3.63) is 70.7 Å². The number of hydrogen-bond acceptors (Lipinski definition) is 6. The first-order chi connectivity index (χ1) is 22.6. The first-order valence-electron chi connectivity index (χ1n) is 16.8. The average molecular weight is 665 g/mol. The van der Waals surface area contributed by atoms with Crippen LogP contribution in [0.5, 0.6) is 0 Å². The van der Waals surface area contributed by atoms with E-state index in [1.165, 1.54) is 0 Å². The van der Waals surface area contributed by atoms with Crippen LogP contribution in [0, 0.1) is 11.8 Å². The second-order valence-corrected chi connectivity index (χ2v) is 14.0. The van der Waals surface area contributed by atoms with Crippen molar-refractivity contribution in [1.29, 1.82) is 0 Å². The fourth-order valence-electron chi connectivity index (χ4n) is 6.92. The molecule has 4 atom stereocenters. The van der Waals surface area contributed by atoms with Gasteiger partial charge in [0.1, 0.15) is 12.1 Å². The van der Waals surface area contributed by atoms with E-state index in [2.05, 4.69) is 21.3 Å². The molecule has 0 aromatic heterocycles. The summed E-state index contributed by atoms with van der Waals surface area (Å²) in [5.74, 6) is -2.93. The molecular formula is C36H45ClN4O6. The number of nitrogens with one attached hydrogen (secondary N) is 4. The van der Waals surface area contributed by atoms with Crippen molar-refractivity contribution < 1.29 is 28.7 Å². The van der Waals surface area contributed by atoms with Gasteiger partial charge >= 0.3 is 6.09 Å². The van der Waals surface area contributed by atoms with Crippen LogP contribution >= 0.6 is 11.6 Å². The normalized spacial score (nSPS) is 20.5. The highest BCUT2D eigenvalue weighted by Gasteiger charge is 2.46. The molecule has 1 aliphatic heterocycles. The Morgan fingerprint density at radius 2 is 1.68 bits per heavy atom. The molecule has 2 aliphatic carbocycles. The van der Waals surface area contributed by atoms with Crippen LogP contribution < -0.4 is 21.3 Å². The van der Waals surface area contributed by atoms with Gasteiger partial charge in [-0.25, -0.2) is 4.79 Å².